The highest BCUT2D eigenvalue weighted by Gasteiger charge is 2.24. The lowest BCUT2D eigenvalue weighted by Crippen LogP contribution is -2.49. The molecular weight excluding hydrogens is 372 g/mol. The van der Waals surface area contributed by atoms with Gasteiger partial charge in [-0.15, -0.1) is 0 Å². The van der Waals surface area contributed by atoms with Gasteiger partial charge in [0.05, 0.1) is 7.11 Å². The summed E-state index contributed by atoms with van der Waals surface area (Å²) in [4.78, 5) is 17.8. The van der Waals surface area contributed by atoms with Crippen LogP contribution in [-0.4, -0.2) is 44.1 Å². The number of methoxy groups -OCH3 is 1. The smallest absolute Gasteiger partial charge is 0.254 e. The van der Waals surface area contributed by atoms with E-state index >= 15 is 0 Å². The first-order valence-electron chi connectivity index (χ1n) is 10.3. The minimum atomic E-state index is 0.0554. The Labute approximate surface area is 178 Å². The van der Waals surface area contributed by atoms with Crippen LogP contribution in [0, 0.1) is 0 Å². The van der Waals surface area contributed by atoms with Crippen LogP contribution in [0.25, 0.3) is 11.6 Å². The Morgan fingerprint density at radius 1 is 0.800 bits per heavy atom. The van der Waals surface area contributed by atoms with E-state index in [1.54, 1.807) is 7.11 Å². The summed E-state index contributed by atoms with van der Waals surface area (Å²) in [5, 5.41) is 0. The van der Waals surface area contributed by atoms with Gasteiger partial charge in [-0.3, -0.25) is 4.79 Å². The van der Waals surface area contributed by atoms with Crippen LogP contribution in [0.15, 0.2) is 84.9 Å². The lowest BCUT2D eigenvalue weighted by atomic mass is 10.0. The van der Waals surface area contributed by atoms with Gasteiger partial charge >= 0.3 is 0 Å². The fraction of sp³-hybridized carbons (Fsp3) is 0.192. The summed E-state index contributed by atoms with van der Waals surface area (Å²) in [7, 11) is 1.65. The lowest BCUT2D eigenvalue weighted by molar-refractivity contribution is -0.125. The third-order valence-corrected chi connectivity index (χ3v) is 5.44. The number of benzene rings is 3. The van der Waals surface area contributed by atoms with Crippen molar-refractivity contribution in [1.82, 2.24) is 4.90 Å². The summed E-state index contributed by atoms with van der Waals surface area (Å²) in [5.74, 6) is 0.812. The lowest BCUT2D eigenvalue weighted by Gasteiger charge is -2.36. The summed E-state index contributed by atoms with van der Waals surface area (Å²) in [6.45, 7) is 3.05. The average molecular weight is 399 g/mol. The highest BCUT2D eigenvalue weighted by molar-refractivity contribution is 6.24. The van der Waals surface area contributed by atoms with Gasteiger partial charge in [0.2, 0.25) is 0 Å². The van der Waals surface area contributed by atoms with Crippen LogP contribution in [0.1, 0.15) is 11.1 Å². The fourth-order valence-electron chi connectivity index (χ4n) is 3.80. The Balaban J connectivity index is 1.59. The molecule has 1 amide bonds. The molecule has 1 aliphatic heterocycles. The largest absolute Gasteiger partial charge is 0.496 e. The standard InChI is InChI=1S/C26H26N2O2/c1-30-25-15-9-8-12-22(25)20-24(21-10-4-2-5-11-21)26(29)28-18-16-27(17-19-28)23-13-6-3-7-14-23/h2-15,20H,16-19H2,1H3/b24-20-. The molecule has 0 unspecified atom stereocenters. The van der Waals surface area contributed by atoms with E-state index in [0.29, 0.717) is 18.7 Å². The number of ether oxygens (including phenoxy) is 1. The molecule has 4 nitrogen and oxygen atoms in total. The number of hydrogen-bond acceptors (Lipinski definition) is 3. The van der Waals surface area contributed by atoms with Crippen LogP contribution in [0.5, 0.6) is 5.75 Å². The summed E-state index contributed by atoms with van der Waals surface area (Å²) in [5.41, 5.74) is 3.71. The van der Waals surface area contributed by atoms with E-state index in [9.17, 15) is 4.79 Å². The van der Waals surface area contributed by atoms with Crippen molar-refractivity contribution in [3.8, 4) is 5.75 Å². The summed E-state index contributed by atoms with van der Waals surface area (Å²) >= 11 is 0. The highest BCUT2D eigenvalue weighted by atomic mass is 16.5. The van der Waals surface area contributed by atoms with Crippen molar-refractivity contribution in [2.24, 2.45) is 0 Å². The monoisotopic (exact) mass is 398 g/mol. The Morgan fingerprint density at radius 3 is 2.07 bits per heavy atom. The number of carbonyl (C=O) groups is 1. The average Bonchev–Trinajstić information content (AvgIpc) is 2.83. The van der Waals surface area contributed by atoms with E-state index < -0.39 is 0 Å². The zero-order valence-electron chi connectivity index (χ0n) is 17.2. The first kappa shape index (κ1) is 19.8. The fourth-order valence-corrected chi connectivity index (χ4v) is 3.80. The van der Waals surface area contributed by atoms with Crippen LogP contribution < -0.4 is 9.64 Å². The Hall–Kier alpha value is -3.53. The van der Waals surface area contributed by atoms with Crippen molar-refractivity contribution in [1.29, 1.82) is 0 Å². The minimum Gasteiger partial charge on any atom is -0.496 e. The third kappa shape index (κ3) is 4.38. The molecule has 152 valence electrons. The maximum absolute atomic E-state index is 13.5. The van der Waals surface area contributed by atoms with Crippen LogP contribution >= 0.6 is 0 Å². The summed E-state index contributed by atoms with van der Waals surface area (Å²) in [6, 6.07) is 28.0. The number of rotatable bonds is 5. The number of carbonyl (C=O) groups excluding carboxylic acids is 1. The zero-order valence-corrected chi connectivity index (χ0v) is 17.2. The first-order valence-corrected chi connectivity index (χ1v) is 10.3. The maximum Gasteiger partial charge on any atom is 0.254 e. The van der Waals surface area contributed by atoms with E-state index in [-0.39, 0.29) is 5.91 Å². The number of amides is 1. The normalized spacial score (nSPS) is 14.5. The second kappa shape index (κ2) is 9.31. The van der Waals surface area contributed by atoms with E-state index in [2.05, 4.69) is 29.2 Å². The van der Waals surface area contributed by atoms with Gasteiger partial charge in [-0.25, -0.2) is 0 Å². The number of anilines is 1. The van der Waals surface area contributed by atoms with Crippen molar-refractivity contribution >= 4 is 23.2 Å². The van der Waals surface area contributed by atoms with Gasteiger partial charge in [-0.2, -0.15) is 0 Å². The number of para-hydroxylation sites is 2. The molecule has 0 saturated carbocycles. The first-order chi connectivity index (χ1) is 14.8. The van der Waals surface area contributed by atoms with Gasteiger partial charge < -0.3 is 14.5 Å². The Morgan fingerprint density at radius 2 is 1.40 bits per heavy atom. The maximum atomic E-state index is 13.5. The molecule has 0 radical (unpaired) electrons. The molecular formula is C26H26N2O2. The molecule has 0 atom stereocenters. The van der Waals surface area contributed by atoms with Gasteiger partial charge in [0.1, 0.15) is 5.75 Å². The quantitative estimate of drug-likeness (QED) is 0.466. The van der Waals surface area contributed by atoms with E-state index in [1.807, 2.05) is 71.6 Å². The Bertz CT molecular complexity index is 1010. The second-order valence-electron chi connectivity index (χ2n) is 7.28. The van der Waals surface area contributed by atoms with Crippen molar-refractivity contribution in [2.75, 3.05) is 38.2 Å². The van der Waals surface area contributed by atoms with E-state index in [1.165, 1.54) is 5.69 Å². The molecule has 1 saturated heterocycles. The number of hydrogen-bond donors (Lipinski definition) is 0. The van der Waals surface area contributed by atoms with Gasteiger partial charge in [-0.05, 0) is 29.8 Å². The van der Waals surface area contributed by atoms with Crippen LogP contribution in [0.2, 0.25) is 0 Å². The van der Waals surface area contributed by atoms with E-state index in [0.717, 1.165) is 30.0 Å². The molecule has 0 aromatic heterocycles. The van der Waals surface area contributed by atoms with Gasteiger partial charge in [-0.1, -0.05) is 66.7 Å². The molecule has 1 heterocycles. The third-order valence-electron chi connectivity index (χ3n) is 5.44. The Kier molecular flexibility index (Phi) is 6.14. The van der Waals surface area contributed by atoms with Crippen molar-refractivity contribution < 1.29 is 9.53 Å². The summed E-state index contributed by atoms with van der Waals surface area (Å²) < 4.78 is 5.49. The predicted molar refractivity (Wildman–Crippen MR) is 123 cm³/mol. The molecule has 0 spiro atoms. The SMILES string of the molecule is COc1ccccc1/C=C(\C(=O)N1CCN(c2ccccc2)CC1)c1ccccc1. The molecule has 30 heavy (non-hydrogen) atoms. The topological polar surface area (TPSA) is 32.8 Å². The molecule has 4 rings (SSSR count). The molecule has 0 aliphatic carbocycles. The molecule has 3 aromatic rings. The molecule has 1 fully saturated rings. The van der Waals surface area contributed by atoms with Gasteiger partial charge in [0, 0.05) is 43.0 Å². The molecule has 4 heteroatoms. The van der Waals surface area contributed by atoms with Gasteiger partial charge in [0.15, 0.2) is 0 Å². The van der Waals surface area contributed by atoms with Crippen LogP contribution in [-0.2, 0) is 4.79 Å². The highest BCUT2D eigenvalue weighted by Crippen LogP contribution is 2.27. The molecule has 1 aliphatic rings. The van der Waals surface area contributed by atoms with Crippen molar-refractivity contribution in [3.05, 3.63) is 96.1 Å². The van der Waals surface area contributed by atoms with Gasteiger partial charge in [0.25, 0.3) is 5.91 Å². The van der Waals surface area contributed by atoms with Crippen LogP contribution in [0.3, 0.4) is 0 Å². The molecule has 0 N–H and O–H groups in total. The number of piperazine rings is 1. The minimum absolute atomic E-state index is 0.0554. The predicted octanol–water partition coefficient (Wildman–Crippen LogP) is 4.58. The summed E-state index contributed by atoms with van der Waals surface area (Å²) in [6.07, 6.45) is 1.94. The van der Waals surface area contributed by atoms with Crippen LogP contribution in [0.4, 0.5) is 5.69 Å². The zero-order chi connectivity index (χ0) is 20.8. The van der Waals surface area contributed by atoms with E-state index in [4.69, 9.17) is 4.74 Å². The van der Waals surface area contributed by atoms with Crippen molar-refractivity contribution in [3.63, 3.8) is 0 Å². The number of nitrogens with zero attached hydrogens (tertiary/aromatic N) is 2. The second-order valence-corrected chi connectivity index (χ2v) is 7.28. The van der Waals surface area contributed by atoms with Crippen molar-refractivity contribution in [2.45, 2.75) is 0 Å². The molecule has 0 bridgehead atoms. The molecule has 3 aromatic carbocycles.